The molecule has 12 rings (SSSR count). The molecule has 9 aromatic rings. The number of furan rings is 1. The first-order valence-corrected chi connectivity index (χ1v) is 18.8. The first-order chi connectivity index (χ1) is 27.7. The van der Waals surface area contributed by atoms with E-state index in [1.807, 2.05) is 66.8 Å². The van der Waals surface area contributed by atoms with Gasteiger partial charge in [-0.3, -0.25) is 0 Å². The Morgan fingerprint density at radius 1 is 0.625 bits per heavy atom. The van der Waals surface area contributed by atoms with Crippen LogP contribution in [0, 0.1) is 0 Å². The Balaban J connectivity index is 1.17. The van der Waals surface area contributed by atoms with Gasteiger partial charge >= 0.3 is 0 Å². The molecule has 0 fully saturated rings. The summed E-state index contributed by atoms with van der Waals surface area (Å²) < 4.78 is 15.6. The van der Waals surface area contributed by atoms with E-state index in [4.69, 9.17) is 24.1 Å². The van der Waals surface area contributed by atoms with E-state index >= 15 is 0 Å². The van der Waals surface area contributed by atoms with Crippen molar-refractivity contribution in [2.75, 3.05) is 0 Å². The Morgan fingerprint density at radius 3 is 2.32 bits per heavy atom. The van der Waals surface area contributed by atoms with Crippen LogP contribution in [0.4, 0.5) is 0 Å². The molecule has 6 nitrogen and oxygen atoms in total. The molecular weight excluding hydrogens is 689 g/mol. The lowest BCUT2D eigenvalue weighted by atomic mass is 9.91. The number of rotatable bonds is 4. The number of hydrogen-bond acceptors (Lipinski definition) is 5. The Hall–Kier alpha value is -7.53. The van der Waals surface area contributed by atoms with Crippen molar-refractivity contribution in [2.24, 2.45) is 0 Å². The van der Waals surface area contributed by atoms with Crippen molar-refractivity contribution in [3.8, 4) is 45.6 Å². The third-order valence-corrected chi connectivity index (χ3v) is 11.2. The maximum atomic E-state index is 6.84. The summed E-state index contributed by atoms with van der Waals surface area (Å²) in [4.78, 5) is 15.8. The van der Waals surface area contributed by atoms with Gasteiger partial charge in [0, 0.05) is 44.3 Å². The summed E-state index contributed by atoms with van der Waals surface area (Å²) in [6, 6.07) is 42.0. The fourth-order valence-electron chi connectivity index (χ4n) is 8.61. The van der Waals surface area contributed by atoms with E-state index in [2.05, 4.69) is 113 Å². The Morgan fingerprint density at radius 2 is 1.41 bits per heavy atom. The molecule has 1 aliphatic heterocycles. The zero-order valence-corrected chi connectivity index (χ0v) is 29.9. The Bertz CT molecular complexity index is 3280. The Kier molecular flexibility index (Phi) is 6.61. The largest absolute Gasteiger partial charge is 0.485 e. The predicted molar refractivity (Wildman–Crippen MR) is 225 cm³/mol. The van der Waals surface area contributed by atoms with E-state index in [1.54, 1.807) is 0 Å². The molecule has 3 aliphatic rings. The van der Waals surface area contributed by atoms with E-state index in [-0.39, 0.29) is 12.0 Å². The van der Waals surface area contributed by atoms with Gasteiger partial charge in [0.2, 0.25) is 0 Å². The molecular formula is C50H30N4O2. The highest BCUT2D eigenvalue weighted by molar-refractivity contribution is 6.12. The summed E-state index contributed by atoms with van der Waals surface area (Å²) in [5.74, 6) is 2.67. The maximum absolute atomic E-state index is 6.84. The molecule has 0 bridgehead atoms. The van der Waals surface area contributed by atoms with Gasteiger partial charge in [0.1, 0.15) is 23.0 Å². The average Bonchev–Trinajstić information content (AvgIpc) is 3.84. The number of nitrogens with zero attached hydrogens (tertiary/aromatic N) is 4. The summed E-state index contributed by atoms with van der Waals surface area (Å²) in [6.07, 6.45) is 16.7. The van der Waals surface area contributed by atoms with Crippen LogP contribution in [-0.4, -0.2) is 25.6 Å². The second-order valence-corrected chi connectivity index (χ2v) is 14.4. The monoisotopic (exact) mass is 718 g/mol. The Labute approximate surface area is 321 Å². The highest BCUT2D eigenvalue weighted by Crippen LogP contribution is 2.45. The van der Waals surface area contributed by atoms with E-state index in [0.29, 0.717) is 23.1 Å². The van der Waals surface area contributed by atoms with Crippen LogP contribution >= 0.6 is 0 Å². The van der Waals surface area contributed by atoms with E-state index in [0.717, 1.165) is 77.6 Å². The number of benzene rings is 6. The van der Waals surface area contributed by atoms with Crippen LogP contribution in [0.3, 0.4) is 0 Å². The van der Waals surface area contributed by atoms with Crippen molar-refractivity contribution in [1.29, 1.82) is 0 Å². The molecule has 2 unspecified atom stereocenters. The van der Waals surface area contributed by atoms with E-state index in [9.17, 15) is 0 Å². The minimum Gasteiger partial charge on any atom is -0.485 e. The lowest BCUT2D eigenvalue weighted by Gasteiger charge is -2.16. The van der Waals surface area contributed by atoms with Gasteiger partial charge in [-0.05, 0) is 71.5 Å². The number of ether oxygens (including phenoxy) is 1. The lowest BCUT2D eigenvalue weighted by molar-refractivity contribution is 0.269. The first kappa shape index (κ1) is 30.9. The zero-order valence-electron chi connectivity index (χ0n) is 29.9. The van der Waals surface area contributed by atoms with Crippen molar-refractivity contribution in [2.45, 2.75) is 12.0 Å². The van der Waals surface area contributed by atoms with Crippen LogP contribution < -0.4 is 4.74 Å². The second kappa shape index (κ2) is 12.0. The number of fused-ring (bicyclic) bond motifs is 10. The van der Waals surface area contributed by atoms with E-state index in [1.165, 1.54) is 5.39 Å². The summed E-state index contributed by atoms with van der Waals surface area (Å²) in [6.45, 7) is 0. The van der Waals surface area contributed by atoms with Crippen LogP contribution in [0.15, 0.2) is 168 Å². The highest BCUT2D eigenvalue weighted by atomic mass is 16.5. The first-order valence-electron chi connectivity index (χ1n) is 18.8. The van der Waals surface area contributed by atoms with Gasteiger partial charge in [0.15, 0.2) is 17.5 Å². The van der Waals surface area contributed by atoms with Crippen molar-refractivity contribution in [1.82, 2.24) is 19.5 Å². The molecule has 4 heterocycles. The van der Waals surface area contributed by atoms with Crippen LogP contribution in [0.5, 0.6) is 5.75 Å². The van der Waals surface area contributed by atoms with Gasteiger partial charge in [-0.25, -0.2) is 15.0 Å². The molecule has 3 aromatic heterocycles. The number of aromatic nitrogens is 4. The van der Waals surface area contributed by atoms with Crippen LogP contribution in [0.2, 0.25) is 0 Å². The predicted octanol–water partition coefficient (Wildman–Crippen LogP) is 12.0. The molecule has 0 amide bonds. The summed E-state index contributed by atoms with van der Waals surface area (Å²) in [5.41, 5.74) is 12.6. The lowest BCUT2D eigenvalue weighted by Crippen LogP contribution is -2.15. The molecule has 2 aliphatic carbocycles. The maximum Gasteiger partial charge on any atom is 0.170 e. The van der Waals surface area contributed by atoms with Gasteiger partial charge < -0.3 is 13.7 Å². The molecule has 0 spiro atoms. The quantitative estimate of drug-likeness (QED) is 0.170. The normalized spacial score (nSPS) is 16.4. The van der Waals surface area contributed by atoms with Crippen molar-refractivity contribution >= 4 is 55.8 Å². The fraction of sp³-hybridized carbons (Fsp3) is 0.0400. The molecule has 56 heavy (non-hydrogen) atoms. The van der Waals surface area contributed by atoms with Gasteiger partial charge in [-0.15, -0.1) is 5.73 Å². The molecule has 6 aromatic carbocycles. The molecule has 2 atom stereocenters. The highest BCUT2D eigenvalue weighted by Gasteiger charge is 2.33. The number of hydrogen-bond donors (Lipinski definition) is 0. The molecule has 0 saturated carbocycles. The van der Waals surface area contributed by atoms with Crippen molar-refractivity contribution in [3.05, 3.63) is 180 Å². The van der Waals surface area contributed by atoms with Crippen LogP contribution in [0.1, 0.15) is 22.7 Å². The smallest absolute Gasteiger partial charge is 0.170 e. The second-order valence-electron chi connectivity index (χ2n) is 14.4. The molecule has 0 N–H and O–H groups in total. The summed E-state index contributed by atoms with van der Waals surface area (Å²) >= 11 is 0. The van der Waals surface area contributed by atoms with Gasteiger partial charge in [0.05, 0.1) is 22.5 Å². The topological polar surface area (TPSA) is 66.0 Å². The molecule has 0 saturated heterocycles. The third-order valence-electron chi connectivity index (χ3n) is 11.2. The van der Waals surface area contributed by atoms with Crippen LogP contribution in [-0.2, 0) is 0 Å². The average molecular weight is 719 g/mol. The van der Waals surface area contributed by atoms with Crippen LogP contribution in [0.25, 0.3) is 95.6 Å². The van der Waals surface area contributed by atoms with Gasteiger partial charge in [-0.1, -0.05) is 109 Å². The van der Waals surface area contributed by atoms with Gasteiger partial charge in [-0.2, -0.15) is 0 Å². The minimum absolute atomic E-state index is 0.0185. The summed E-state index contributed by atoms with van der Waals surface area (Å²) in [7, 11) is 0. The zero-order chi connectivity index (χ0) is 36.7. The summed E-state index contributed by atoms with van der Waals surface area (Å²) in [5, 5.41) is 5.48. The van der Waals surface area contributed by atoms with Crippen molar-refractivity contribution < 1.29 is 9.15 Å². The minimum atomic E-state index is -0.0185. The standard InChI is InChI=1S/C50H30N4O2/c1-3-13-30(14-4-1)48-51-49(33-23-24-37-35-18-9-11-21-43(35)55-45(37)29-33)53-50(52-48)46-41(26-25-38-36-19-10-12-22-44(36)56-47(38)46)54-40-20-6-2-5-17-34(40)39-27-31-15-7-8-16-32(31)28-42(39)54/h1-4,6-29,35,43H. The van der Waals surface area contributed by atoms with Gasteiger partial charge in [0.25, 0.3) is 0 Å². The number of para-hydroxylation sites is 1. The molecule has 0 radical (unpaired) electrons. The van der Waals surface area contributed by atoms with Crippen molar-refractivity contribution in [3.63, 3.8) is 0 Å². The molecule has 262 valence electrons. The third kappa shape index (κ3) is 4.67. The molecule has 6 heteroatoms. The number of allylic oxidation sites excluding steroid dienone is 4. The SMILES string of the molecule is C1=CC=Cc2c(c3cc4ccccc4cc3n2-c2ccc3c(oc4ccccc43)c2-c2nc(-c3ccccc3)nc(-c3ccc4c(c3)OC3C=CC=CC43)n2)C=1. The fourth-order valence-corrected chi connectivity index (χ4v) is 8.61. The van der Waals surface area contributed by atoms with E-state index < -0.39 is 0 Å².